The number of ether oxygens (including phenoxy) is 2. The van der Waals surface area contributed by atoms with Gasteiger partial charge in [0.25, 0.3) is 0 Å². The van der Waals surface area contributed by atoms with Gasteiger partial charge in [-0.3, -0.25) is 9.79 Å². The molecule has 0 heterocycles. The summed E-state index contributed by atoms with van der Waals surface area (Å²) in [6.45, 7) is 2.23. The molecule has 0 saturated carbocycles. The van der Waals surface area contributed by atoms with Crippen molar-refractivity contribution < 1.29 is 14.3 Å². The number of carbonyl (C=O) groups is 1. The Kier molecular flexibility index (Phi) is 11.3. The van der Waals surface area contributed by atoms with E-state index in [0.717, 1.165) is 38.3 Å². The molecule has 6 nitrogen and oxygen atoms in total. The van der Waals surface area contributed by atoms with Crippen molar-refractivity contribution >= 4 is 11.9 Å². The number of aliphatic imine (C=N–C) groups is 1. The Balaban J connectivity index is 3.43. The molecule has 18 heavy (non-hydrogen) atoms. The van der Waals surface area contributed by atoms with E-state index in [0.29, 0.717) is 13.0 Å². The summed E-state index contributed by atoms with van der Waals surface area (Å²) in [5.74, 6) is 0.639. The molecule has 0 aliphatic heterocycles. The smallest absolute Gasteiger partial charge is 0.305 e. The maximum atomic E-state index is 10.9. The van der Waals surface area contributed by atoms with Gasteiger partial charge < -0.3 is 20.1 Å². The predicted molar refractivity (Wildman–Crippen MR) is 71.7 cm³/mol. The Hall–Kier alpha value is -1.30. The lowest BCUT2D eigenvalue weighted by molar-refractivity contribution is -0.140. The average molecular weight is 259 g/mol. The third-order valence-corrected chi connectivity index (χ3v) is 2.40. The highest BCUT2D eigenvalue weighted by Crippen LogP contribution is 1.99. The van der Waals surface area contributed by atoms with Crippen LogP contribution in [0.2, 0.25) is 0 Å². The first kappa shape index (κ1) is 16.7. The molecule has 0 aromatic rings. The van der Waals surface area contributed by atoms with Gasteiger partial charge in [0.05, 0.1) is 13.7 Å². The highest BCUT2D eigenvalue weighted by atomic mass is 16.5. The number of rotatable bonds is 9. The van der Waals surface area contributed by atoms with Crippen LogP contribution in [0.3, 0.4) is 0 Å². The Bertz CT molecular complexity index is 245. The minimum absolute atomic E-state index is 0.139. The minimum Gasteiger partial charge on any atom is -0.469 e. The number of unbranched alkanes of at least 4 members (excludes halogenated alkanes) is 2. The molecule has 0 fully saturated rings. The first-order chi connectivity index (χ1) is 8.74. The van der Waals surface area contributed by atoms with E-state index in [9.17, 15) is 4.79 Å². The molecule has 0 radical (unpaired) electrons. The number of hydrogen-bond donors (Lipinski definition) is 2. The minimum atomic E-state index is -0.139. The number of guanidine groups is 1. The van der Waals surface area contributed by atoms with Gasteiger partial charge in [-0.15, -0.1) is 0 Å². The highest BCUT2D eigenvalue weighted by Gasteiger charge is 1.99. The van der Waals surface area contributed by atoms with Crippen molar-refractivity contribution in [1.82, 2.24) is 10.6 Å². The van der Waals surface area contributed by atoms with Crippen molar-refractivity contribution in [2.45, 2.75) is 25.7 Å². The highest BCUT2D eigenvalue weighted by molar-refractivity contribution is 5.79. The predicted octanol–water partition coefficient (Wildman–Crippen LogP) is 0.531. The summed E-state index contributed by atoms with van der Waals surface area (Å²) >= 11 is 0. The van der Waals surface area contributed by atoms with Crippen LogP contribution in [0.1, 0.15) is 25.7 Å². The number of nitrogens with zero attached hydrogens (tertiary/aromatic N) is 1. The molecule has 6 heteroatoms. The van der Waals surface area contributed by atoms with Crippen molar-refractivity contribution in [3.05, 3.63) is 0 Å². The van der Waals surface area contributed by atoms with Crippen LogP contribution in [0, 0.1) is 0 Å². The summed E-state index contributed by atoms with van der Waals surface area (Å²) < 4.78 is 9.51. The van der Waals surface area contributed by atoms with E-state index < -0.39 is 0 Å². The van der Waals surface area contributed by atoms with Gasteiger partial charge in [-0.05, 0) is 12.8 Å². The number of hydrogen-bond acceptors (Lipinski definition) is 4. The van der Waals surface area contributed by atoms with Gasteiger partial charge in [0.15, 0.2) is 5.96 Å². The lowest BCUT2D eigenvalue weighted by Crippen LogP contribution is -2.39. The van der Waals surface area contributed by atoms with Gasteiger partial charge in [-0.2, -0.15) is 0 Å². The van der Waals surface area contributed by atoms with Crippen molar-refractivity contribution in [3.63, 3.8) is 0 Å². The molecule has 0 aromatic heterocycles. The van der Waals surface area contributed by atoms with Gasteiger partial charge >= 0.3 is 5.97 Å². The normalized spacial score (nSPS) is 11.2. The second-order valence-corrected chi connectivity index (χ2v) is 3.81. The Morgan fingerprint density at radius 3 is 2.44 bits per heavy atom. The topological polar surface area (TPSA) is 72.0 Å². The zero-order valence-electron chi connectivity index (χ0n) is 11.6. The molecular formula is C12H25N3O3. The third-order valence-electron chi connectivity index (χ3n) is 2.40. The molecule has 0 bridgehead atoms. The maximum absolute atomic E-state index is 10.9. The molecule has 2 N–H and O–H groups in total. The molecule has 0 aliphatic rings. The van der Waals surface area contributed by atoms with Crippen LogP contribution in [0.4, 0.5) is 0 Å². The zero-order valence-corrected chi connectivity index (χ0v) is 11.6. The Morgan fingerprint density at radius 2 is 1.83 bits per heavy atom. The second-order valence-electron chi connectivity index (χ2n) is 3.81. The molecule has 0 amide bonds. The van der Waals surface area contributed by atoms with Crippen LogP contribution in [0.15, 0.2) is 4.99 Å². The van der Waals surface area contributed by atoms with E-state index in [1.807, 2.05) is 0 Å². The molecule has 0 spiro atoms. The van der Waals surface area contributed by atoms with Gasteiger partial charge in [-0.25, -0.2) is 0 Å². The third kappa shape index (κ3) is 9.89. The van der Waals surface area contributed by atoms with E-state index in [2.05, 4.69) is 20.4 Å². The number of nitrogens with one attached hydrogen (secondary N) is 2. The molecular weight excluding hydrogens is 234 g/mol. The van der Waals surface area contributed by atoms with E-state index in [-0.39, 0.29) is 5.97 Å². The van der Waals surface area contributed by atoms with Crippen molar-refractivity contribution in [2.24, 2.45) is 4.99 Å². The van der Waals surface area contributed by atoms with Gasteiger partial charge in [0, 0.05) is 33.7 Å². The number of esters is 1. The Morgan fingerprint density at radius 1 is 1.11 bits per heavy atom. The van der Waals surface area contributed by atoms with Gasteiger partial charge in [0.2, 0.25) is 0 Å². The van der Waals surface area contributed by atoms with E-state index >= 15 is 0 Å². The molecule has 0 saturated heterocycles. The van der Waals surface area contributed by atoms with Crippen LogP contribution in [0.25, 0.3) is 0 Å². The largest absolute Gasteiger partial charge is 0.469 e. The van der Waals surface area contributed by atoms with Crippen LogP contribution in [0.5, 0.6) is 0 Å². The molecule has 0 aromatic carbocycles. The number of methoxy groups -OCH3 is 2. The zero-order chi connectivity index (χ0) is 13.6. The SMILES string of the molecule is CN=C(NCCCCCC(=O)OC)NCCOC. The lowest BCUT2D eigenvalue weighted by Gasteiger charge is -2.11. The monoisotopic (exact) mass is 259 g/mol. The summed E-state index contributed by atoms with van der Waals surface area (Å²) in [7, 11) is 4.82. The first-order valence-corrected chi connectivity index (χ1v) is 6.24. The fourth-order valence-electron chi connectivity index (χ4n) is 1.37. The van der Waals surface area contributed by atoms with Gasteiger partial charge in [0.1, 0.15) is 0 Å². The summed E-state index contributed by atoms with van der Waals surface area (Å²) in [5, 5.41) is 6.33. The molecule has 0 unspecified atom stereocenters. The quantitative estimate of drug-likeness (QED) is 0.273. The van der Waals surface area contributed by atoms with Gasteiger partial charge in [-0.1, -0.05) is 6.42 Å². The van der Waals surface area contributed by atoms with E-state index in [1.54, 1.807) is 14.2 Å². The van der Waals surface area contributed by atoms with Crippen LogP contribution >= 0.6 is 0 Å². The number of carbonyl (C=O) groups excluding carboxylic acids is 1. The fraction of sp³-hybridized carbons (Fsp3) is 0.833. The lowest BCUT2D eigenvalue weighted by atomic mass is 10.2. The Labute approximate surface area is 109 Å². The summed E-state index contributed by atoms with van der Waals surface area (Å²) in [5.41, 5.74) is 0. The molecule has 0 rings (SSSR count). The molecule has 0 aliphatic carbocycles. The average Bonchev–Trinajstić information content (AvgIpc) is 2.40. The first-order valence-electron chi connectivity index (χ1n) is 6.24. The van der Waals surface area contributed by atoms with E-state index in [1.165, 1.54) is 7.11 Å². The van der Waals surface area contributed by atoms with E-state index in [4.69, 9.17) is 4.74 Å². The van der Waals surface area contributed by atoms with Crippen molar-refractivity contribution in [1.29, 1.82) is 0 Å². The molecule has 106 valence electrons. The molecule has 0 atom stereocenters. The van der Waals surface area contributed by atoms with Crippen molar-refractivity contribution in [3.8, 4) is 0 Å². The van der Waals surface area contributed by atoms with Crippen LogP contribution < -0.4 is 10.6 Å². The standard InChI is InChI=1S/C12H25N3O3/c1-13-12(15-9-10-17-2)14-8-6-4-5-7-11(16)18-3/h4-10H2,1-3H3,(H2,13,14,15). The van der Waals surface area contributed by atoms with Crippen LogP contribution in [-0.4, -0.2) is 52.9 Å². The van der Waals surface area contributed by atoms with Crippen LogP contribution in [-0.2, 0) is 14.3 Å². The summed E-state index contributed by atoms with van der Waals surface area (Å²) in [4.78, 5) is 15.0. The summed E-state index contributed by atoms with van der Waals surface area (Å²) in [6, 6.07) is 0. The summed E-state index contributed by atoms with van der Waals surface area (Å²) in [6.07, 6.45) is 3.36. The maximum Gasteiger partial charge on any atom is 0.305 e. The van der Waals surface area contributed by atoms with Crippen molar-refractivity contribution in [2.75, 3.05) is 41.0 Å². The fourth-order valence-corrected chi connectivity index (χ4v) is 1.37. The second kappa shape index (κ2) is 12.2.